The van der Waals surface area contributed by atoms with Crippen molar-refractivity contribution in [2.75, 3.05) is 10.6 Å². The Labute approximate surface area is 162 Å². The molecule has 0 spiro atoms. The van der Waals surface area contributed by atoms with Gasteiger partial charge in [-0.3, -0.25) is 9.59 Å². The Morgan fingerprint density at radius 3 is 2.39 bits per heavy atom. The summed E-state index contributed by atoms with van der Waals surface area (Å²) < 4.78 is 16.4. The maximum atomic E-state index is 14.4. The average Bonchev–Trinajstić information content (AvgIpc) is 3.01. The molecule has 5 nitrogen and oxygen atoms in total. The van der Waals surface area contributed by atoms with Crippen molar-refractivity contribution in [3.05, 3.63) is 76.9 Å². The Bertz CT molecular complexity index is 1060. The number of nitrogens with one attached hydrogen (secondary N) is 2. The highest BCUT2D eigenvalue weighted by Crippen LogP contribution is 2.29. The molecule has 0 radical (unpaired) electrons. The first-order chi connectivity index (χ1) is 13.4. The standard InChI is InChI=1S/C22H20FN3O2/c1-13-3-4-14(2)26(13)17-8-5-15(6-9-17)22(28)25-20-12-19-16(11-18(20)23)7-10-21(27)24-19/h3-6,8-9,11-12H,7,10H2,1-2H3,(H,24,27)(H,25,28). The fourth-order valence-electron chi connectivity index (χ4n) is 3.53. The van der Waals surface area contributed by atoms with Gasteiger partial charge in [-0.25, -0.2) is 4.39 Å². The van der Waals surface area contributed by atoms with Gasteiger partial charge in [-0.05, 0) is 74.4 Å². The molecule has 1 aromatic heterocycles. The lowest BCUT2D eigenvalue weighted by Gasteiger charge is -2.18. The van der Waals surface area contributed by atoms with Crippen LogP contribution in [0.4, 0.5) is 15.8 Å². The first-order valence-electron chi connectivity index (χ1n) is 9.11. The summed E-state index contributed by atoms with van der Waals surface area (Å²) in [6, 6.07) is 14.0. The number of rotatable bonds is 3. The molecule has 6 heteroatoms. The summed E-state index contributed by atoms with van der Waals surface area (Å²) in [7, 11) is 0. The van der Waals surface area contributed by atoms with E-state index in [1.165, 1.54) is 12.1 Å². The molecule has 0 saturated carbocycles. The van der Waals surface area contributed by atoms with Gasteiger partial charge in [0.05, 0.1) is 5.69 Å². The van der Waals surface area contributed by atoms with E-state index < -0.39 is 11.7 Å². The zero-order chi connectivity index (χ0) is 19.8. The Morgan fingerprint density at radius 2 is 1.71 bits per heavy atom. The summed E-state index contributed by atoms with van der Waals surface area (Å²) >= 11 is 0. The predicted molar refractivity (Wildman–Crippen MR) is 107 cm³/mol. The SMILES string of the molecule is Cc1ccc(C)n1-c1ccc(C(=O)Nc2cc3c(cc2F)CCC(=O)N3)cc1. The number of amides is 2. The molecule has 0 bridgehead atoms. The molecule has 2 amide bonds. The first-order valence-corrected chi connectivity index (χ1v) is 9.11. The van der Waals surface area contributed by atoms with Gasteiger partial charge < -0.3 is 15.2 Å². The van der Waals surface area contributed by atoms with E-state index in [4.69, 9.17) is 0 Å². The molecule has 2 aromatic carbocycles. The minimum Gasteiger partial charge on any atom is -0.326 e. The predicted octanol–water partition coefficient (Wildman–Crippen LogP) is 4.37. The van der Waals surface area contributed by atoms with Gasteiger partial charge in [0, 0.05) is 34.7 Å². The molecule has 142 valence electrons. The molecule has 1 aliphatic rings. The van der Waals surface area contributed by atoms with Crippen molar-refractivity contribution in [2.24, 2.45) is 0 Å². The average molecular weight is 377 g/mol. The second-order valence-electron chi connectivity index (χ2n) is 6.99. The lowest BCUT2D eigenvalue weighted by atomic mass is 10.0. The minimum atomic E-state index is -0.515. The number of benzene rings is 2. The zero-order valence-electron chi connectivity index (χ0n) is 15.7. The molecule has 0 unspecified atom stereocenters. The number of anilines is 2. The van der Waals surface area contributed by atoms with Crippen LogP contribution in [0.25, 0.3) is 5.69 Å². The summed E-state index contributed by atoms with van der Waals surface area (Å²) in [5, 5.41) is 5.31. The van der Waals surface area contributed by atoms with Crippen LogP contribution in [0.2, 0.25) is 0 Å². The fraction of sp³-hybridized carbons (Fsp3) is 0.182. The van der Waals surface area contributed by atoms with E-state index >= 15 is 0 Å². The Morgan fingerprint density at radius 1 is 1.04 bits per heavy atom. The second kappa shape index (κ2) is 6.96. The topological polar surface area (TPSA) is 63.1 Å². The highest BCUT2D eigenvalue weighted by atomic mass is 19.1. The molecule has 1 aliphatic heterocycles. The molecular formula is C22H20FN3O2. The van der Waals surface area contributed by atoms with Crippen LogP contribution >= 0.6 is 0 Å². The summed E-state index contributed by atoms with van der Waals surface area (Å²) in [5.74, 6) is -1.03. The van der Waals surface area contributed by atoms with Crippen LogP contribution in [0, 0.1) is 19.7 Å². The van der Waals surface area contributed by atoms with Crippen molar-refractivity contribution in [2.45, 2.75) is 26.7 Å². The van der Waals surface area contributed by atoms with Gasteiger partial charge in [-0.1, -0.05) is 0 Å². The van der Waals surface area contributed by atoms with Gasteiger partial charge in [0.25, 0.3) is 5.91 Å². The number of hydrogen-bond donors (Lipinski definition) is 2. The monoisotopic (exact) mass is 377 g/mol. The van der Waals surface area contributed by atoms with Crippen LogP contribution in [-0.4, -0.2) is 16.4 Å². The molecule has 0 saturated heterocycles. The fourth-order valence-corrected chi connectivity index (χ4v) is 3.53. The molecule has 4 rings (SSSR count). The van der Waals surface area contributed by atoms with Gasteiger partial charge >= 0.3 is 0 Å². The third-order valence-electron chi connectivity index (χ3n) is 5.00. The van der Waals surface area contributed by atoms with Crippen LogP contribution in [0.3, 0.4) is 0 Å². The molecule has 0 aliphatic carbocycles. The number of nitrogens with zero attached hydrogens (tertiary/aromatic N) is 1. The number of aryl methyl sites for hydroxylation is 3. The van der Waals surface area contributed by atoms with Gasteiger partial charge in [0.15, 0.2) is 0 Å². The van der Waals surface area contributed by atoms with Crippen LogP contribution in [0.5, 0.6) is 0 Å². The van der Waals surface area contributed by atoms with Gasteiger partial charge in [0.2, 0.25) is 5.91 Å². The Kier molecular flexibility index (Phi) is 4.47. The summed E-state index contributed by atoms with van der Waals surface area (Å²) in [6.07, 6.45) is 0.830. The van der Waals surface area contributed by atoms with Crippen LogP contribution in [0.15, 0.2) is 48.5 Å². The molecule has 28 heavy (non-hydrogen) atoms. The number of hydrogen-bond acceptors (Lipinski definition) is 2. The van der Waals surface area contributed by atoms with E-state index in [-0.39, 0.29) is 11.6 Å². The number of carbonyl (C=O) groups is 2. The van der Waals surface area contributed by atoms with Crippen molar-refractivity contribution in [3.8, 4) is 5.69 Å². The highest BCUT2D eigenvalue weighted by molar-refractivity contribution is 6.05. The van der Waals surface area contributed by atoms with E-state index in [0.29, 0.717) is 24.1 Å². The summed E-state index contributed by atoms with van der Waals surface area (Å²) in [4.78, 5) is 24.1. The molecule has 2 heterocycles. The van der Waals surface area contributed by atoms with Crippen molar-refractivity contribution in [1.82, 2.24) is 4.57 Å². The highest BCUT2D eigenvalue weighted by Gasteiger charge is 2.19. The lowest BCUT2D eigenvalue weighted by molar-refractivity contribution is -0.116. The number of aromatic nitrogens is 1. The van der Waals surface area contributed by atoms with Crippen LogP contribution in [0.1, 0.15) is 33.7 Å². The van der Waals surface area contributed by atoms with Crippen LogP contribution < -0.4 is 10.6 Å². The van der Waals surface area contributed by atoms with E-state index in [1.54, 1.807) is 12.1 Å². The Balaban J connectivity index is 1.56. The molecular weight excluding hydrogens is 357 g/mol. The first kappa shape index (κ1) is 18.0. The van der Waals surface area contributed by atoms with Crippen molar-refractivity contribution < 1.29 is 14.0 Å². The molecule has 2 N–H and O–H groups in total. The van der Waals surface area contributed by atoms with Crippen LogP contribution in [-0.2, 0) is 11.2 Å². The minimum absolute atomic E-state index is 0.0483. The molecule has 3 aromatic rings. The summed E-state index contributed by atoms with van der Waals surface area (Å²) in [6.45, 7) is 4.04. The van der Waals surface area contributed by atoms with E-state index in [9.17, 15) is 14.0 Å². The number of halogens is 1. The maximum absolute atomic E-state index is 14.4. The molecule has 0 fully saturated rings. The van der Waals surface area contributed by atoms with Crippen molar-refractivity contribution >= 4 is 23.2 Å². The largest absolute Gasteiger partial charge is 0.326 e. The van der Waals surface area contributed by atoms with E-state index in [1.807, 2.05) is 38.1 Å². The van der Waals surface area contributed by atoms with E-state index in [2.05, 4.69) is 15.2 Å². The van der Waals surface area contributed by atoms with Gasteiger partial charge in [0.1, 0.15) is 5.82 Å². The molecule has 0 atom stereocenters. The van der Waals surface area contributed by atoms with E-state index in [0.717, 1.165) is 22.6 Å². The normalized spacial score (nSPS) is 13.0. The maximum Gasteiger partial charge on any atom is 0.255 e. The zero-order valence-corrected chi connectivity index (χ0v) is 15.7. The quantitative estimate of drug-likeness (QED) is 0.712. The second-order valence-corrected chi connectivity index (χ2v) is 6.99. The van der Waals surface area contributed by atoms with Gasteiger partial charge in [-0.15, -0.1) is 0 Å². The third kappa shape index (κ3) is 3.29. The summed E-state index contributed by atoms with van der Waals surface area (Å²) in [5.41, 5.74) is 4.92. The Hall–Kier alpha value is -3.41. The van der Waals surface area contributed by atoms with Crippen molar-refractivity contribution in [1.29, 1.82) is 0 Å². The van der Waals surface area contributed by atoms with Crippen molar-refractivity contribution in [3.63, 3.8) is 0 Å². The number of carbonyl (C=O) groups excluding carboxylic acids is 2. The number of fused-ring (bicyclic) bond motifs is 1. The third-order valence-corrected chi connectivity index (χ3v) is 5.00. The van der Waals surface area contributed by atoms with Gasteiger partial charge in [-0.2, -0.15) is 0 Å². The smallest absolute Gasteiger partial charge is 0.255 e. The lowest BCUT2D eigenvalue weighted by Crippen LogP contribution is -2.20.